The third kappa shape index (κ3) is 2.50. The first-order chi connectivity index (χ1) is 9.74. The van der Waals surface area contributed by atoms with Gasteiger partial charge in [0.15, 0.2) is 0 Å². The van der Waals surface area contributed by atoms with Gasteiger partial charge in [-0.25, -0.2) is 0 Å². The average Bonchev–Trinajstić information content (AvgIpc) is 2.43. The van der Waals surface area contributed by atoms with Crippen LogP contribution < -0.4 is 11.1 Å². The van der Waals surface area contributed by atoms with Gasteiger partial charge in [0.25, 0.3) is 5.91 Å². The number of carbonyl (C=O) groups is 1. The molecule has 0 saturated heterocycles. The topological polar surface area (TPSA) is 68.0 Å². The minimum atomic E-state index is 0.00366. The van der Waals surface area contributed by atoms with E-state index in [2.05, 4.69) is 10.3 Å². The number of nitrogens with two attached hydrogens (primary N) is 1. The van der Waals surface area contributed by atoms with Crippen molar-refractivity contribution in [1.82, 2.24) is 10.3 Å². The molecule has 1 fully saturated rings. The van der Waals surface area contributed by atoms with E-state index in [0.717, 1.165) is 24.0 Å². The van der Waals surface area contributed by atoms with Crippen molar-refractivity contribution in [1.29, 1.82) is 0 Å². The van der Waals surface area contributed by atoms with Crippen LogP contribution in [-0.4, -0.2) is 16.9 Å². The zero-order chi connectivity index (χ0) is 13.9. The summed E-state index contributed by atoms with van der Waals surface area (Å²) in [7, 11) is 0. The number of carbonyl (C=O) groups excluding carboxylic acids is 1. The highest BCUT2D eigenvalue weighted by Crippen LogP contribution is 2.25. The summed E-state index contributed by atoms with van der Waals surface area (Å²) in [5.74, 6) is 0.00366. The maximum absolute atomic E-state index is 12.0. The minimum Gasteiger partial charge on any atom is -0.397 e. The number of aromatic nitrogens is 1. The Balaban J connectivity index is 1.77. The molecule has 1 saturated carbocycles. The maximum Gasteiger partial charge on any atom is 0.251 e. The number of rotatable bonds is 3. The third-order valence-corrected chi connectivity index (χ3v) is 3.75. The Bertz CT molecular complexity index is 618. The summed E-state index contributed by atoms with van der Waals surface area (Å²) < 4.78 is 0. The normalized spacial score (nSPS) is 14.6. The van der Waals surface area contributed by atoms with E-state index in [-0.39, 0.29) is 5.91 Å². The zero-order valence-electron chi connectivity index (χ0n) is 11.2. The predicted molar refractivity (Wildman–Crippen MR) is 79.2 cm³/mol. The molecule has 1 aliphatic carbocycles. The second-order valence-electron chi connectivity index (χ2n) is 5.14. The van der Waals surface area contributed by atoms with Crippen molar-refractivity contribution in [2.45, 2.75) is 25.3 Å². The molecule has 2 aromatic rings. The Labute approximate surface area is 118 Å². The highest BCUT2D eigenvalue weighted by atomic mass is 16.1. The number of nitrogen functional groups attached to an aromatic ring is 1. The van der Waals surface area contributed by atoms with Crippen LogP contribution in [0.1, 0.15) is 29.6 Å². The molecule has 0 spiro atoms. The molecule has 1 heterocycles. The first kappa shape index (κ1) is 12.7. The fraction of sp³-hybridized carbons (Fsp3) is 0.250. The molecule has 1 aromatic heterocycles. The van der Waals surface area contributed by atoms with Crippen molar-refractivity contribution in [2.75, 3.05) is 5.73 Å². The van der Waals surface area contributed by atoms with E-state index < -0.39 is 0 Å². The van der Waals surface area contributed by atoms with Gasteiger partial charge in [0.05, 0.1) is 11.9 Å². The number of hydrogen-bond donors (Lipinski definition) is 2. The summed E-state index contributed by atoms with van der Waals surface area (Å²) in [6.07, 6.45) is 6.75. The lowest BCUT2D eigenvalue weighted by atomic mass is 9.93. The van der Waals surface area contributed by atoms with Crippen LogP contribution in [0, 0.1) is 0 Å². The summed E-state index contributed by atoms with van der Waals surface area (Å²) in [6, 6.07) is 9.74. The van der Waals surface area contributed by atoms with Gasteiger partial charge in [-0.2, -0.15) is 0 Å². The summed E-state index contributed by atoms with van der Waals surface area (Å²) in [4.78, 5) is 16.0. The number of amides is 1. The smallest absolute Gasteiger partial charge is 0.251 e. The van der Waals surface area contributed by atoms with Gasteiger partial charge in [0, 0.05) is 23.4 Å². The van der Waals surface area contributed by atoms with Crippen LogP contribution in [0.4, 0.5) is 5.69 Å². The molecule has 4 nitrogen and oxygen atoms in total. The van der Waals surface area contributed by atoms with Crippen molar-refractivity contribution in [3.05, 3.63) is 48.3 Å². The quantitative estimate of drug-likeness (QED) is 0.898. The van der Waals surface area contributed by atoms with E-state index in [0.29, 0.717) is 17.3 Å². The Morgan fingerprint density at radius 1 is 1.20 bits per heavy atom. The molecular formula is C16H17N3O. The van der Waals surface area contributed by atoms with Gasteiger partial charge in [0.2, 0.25) is 0 Å². The van der Waals surface area contributed by atoms with Crippen molar-refractivity contribution >= 4 is 11.6 Å². The first-order valence-corrected chi connectivity index (χ1v) is 6.85. The van der Waals surface area contributed by atoms with Crippen LogP contribution >= 0.6 is 0 Å². The van der Waals surface area contributed by atoms with Gasteiger partial charge in [-0.05, 0) is 43.0 Å². The molecule has 0 bridgehead atoms. The van der Waals surface area contributed by atoms with E-state index in [1.807, 2.05) is 30.3 Å². The largest absolute Gasteiger partial charge is 0.397 e. The second-order valence-corrected chi connectivity index (χ2v) is 5.14. The molecule has 3 N–H and O–H groups in total. The van der Waals surface area contributed by atoms with E-state index >= 15 is 0 Å². The molecule has 102 valence electrons. The fourth-order valence-corrected chi connectivity index (χ4v) is 2.29. The monoisotopic (exact) mass is 267 g/mol. The van der Waals surface area contributed by atoms with E-state index in [1.165, 1.54) is 6.42 Å². The highest BCUT2D eigenvalue weighted by Gasteiger charge is 2.19. The van der Waals surface area contributed by atoms with Crippen molar-refractivity contribution in [3.8, 4) is 11.1 Å². The molecule has 0 atom stereocenters. The summed E-state index contributed by atoms with van der Waals surface area (Å²) in [6.45, 7) is 0. The predicted octanol–water partition coefficient (Wildman–Crippen LogP) is 2.61. The lowest BCUT2D eigenvalue weighted by Gasteiger charge is -2.26. The molecule has 1 aromatic carbocycles. The van der Waals surface area contributed by atoms with E-state index in [4.69, 9.17) is 5.73 Å². The Morgan fingerprint density at radius 2 is 1.95 bits per heavy atom. The Morgan fingerprint density at radius 3 is 2.55 bits per heavy atom. The zero-order valence-corrected chi connectivity index (χ0v) is 11.2. The van der Waals surface area contributed by atoms with Gasteiger partial charge in [0.1, 0.15) is 0 Å². The van der Waals surface area contributed by atoms with Gasteiger partial charge >= 0.3 is 0 Å². The highest BCUT2D eigenvalue weighted by molar-refractivity contribution is 5.95. The van der Waals surface area contributed by atoms with Gasteiger partial charge in [-0.1, -0.05) is 12.1 Å². The molecular weight excluding hydrogens is 250 g/mol. The average molecular weight is 267 g/mol. The van der Waals surface area contributed by atoms with Crippen LogP contribution in [0.15, 0.2) is 42.7 Å². The van der Waals surface area contributed by atoms with Gasteiger partial charge in [-0.3, -0.25) is 9.78 Å². The van der Waals surface area contributed by atoms with Crippen LogP contribution in [0.2, 0.25) is 0 Å². The number of nitrogens with zero attached hydrogens (tertiary/aromatic N) is 1. The van der Waals surface area contributed by atoms with Crippen LogP contribution in [0.25, 0.3) is 11.1 Å². The third-order valence-electron chi connectivity index (χ3n) is 3.75. The van der Waals surface area contributed by atoms with Crippen LogP contribution in [0.3, 0.4) is 0 Å². The molecule has 20 heavy (non-hydrogen) atoms. The second kappa shape index (κ2) is 5.33. The van der Waals surface area contributed by atoms with Gasteiger partial charge < -0.3 is 11.1 Å². The van der Waals surface area contributed by atoms with Crippen molar-refractivity contribution in [3.63, 3.8) is 0 Å². The molecule has 0 radical (unpaired) electrons. The number of anilines is 1. The maximum atomic E-state index is 12.0. The summed E-state index contributed by atoms with van der Waals surface area (Å²) in [5.41, 5.74) is 9.15. The lowest BCUT2D eigenvalue weighted by molar-refractivity contribution is 0.0917. The fourth-order valence-electron chi connectivity index (χ4n) is 2.29. The molecule has 3 rings (SSSR count). The number of nitrogens with one attached hydrogen (secondary N) is 1. The summed E-state index contributed by atoms with van der Waals surface area (Å²) >= 11 is 0. The number of pyridine rings is 1. The standard InChI is InChI=1S/C16H17N3O/c17-15-10-18-9-8-14(15)11-4-6-12(7-5-11)16(20)19-13-2-1-3-13/h4-10,13H,1-3,17H2,(H,19,20). The molecule has 0 aliphatic heterocycles. The number of benzene rings is 1. The minimum absolute atomic E-state index is 0.00366. The molecule has 4 heteroatoms. The first-order valence-electron chi connectivity index (χ1n) is 6.85. The number of hydrogen-bond acceptors (Lipinski definition) is 3. The lowest BCUT2D eigenvalue weighted by Crippen LogP contribution is -2.39. The van der Waals surface area contributed by atoms with E-state index in [9.17, 15) is 4.79 Å². The molecule has 1 aliphatic rings. The van der Waals surface area contributed by atoms with Crippen LogP contribution in [0.5, 0.6) is 0 Å². The summed E-state index contributed by atoms with van der Waals surface area (Å²) in [5, 5.41) is 3.03. The Kier molecular flexibility index (Phi) is 3.37. The van der Waals surface area contributed by atoms with Crippen molar-refractivity contribution < 1.29 is 4.79 Å². The molecule has 1 amide bonds. The molecule has 0 unspecified atom stereocenters. The van der Waals surface area contributed by atoms with Crippen molar-refractivity contribution in [2.24, 2.45) is 0 Å². The SMILES string of the molecule is Nc1cnccc1-c1ccc(C(=O)NC2CCC2)cc1. The van der Waals surface area contributed by atoms with E-state index in [1.54, 1.807) is 12.4 Å². The van der Waals surface area contributed by atoms with Crippen LogP contribution in [-0.2, 0) is 0 Å². The van der Waals surface area contributed by atoms with Gasteiger partial charge in [-0.15, -0.1) is 0 Å². The Hall–Kier alpha value is -2.36.